The molecular weight excluding hydrogens is 388 g/mol. The van der Waals surface area contributed by atoms with Crippen LogP contribution in [0.3, 0.4) is 0 Å². The van der Waals surface area contributed by atoms with Gasteiger partial charge in [0.2, 0.25) is 5.95 Å². The van der Waals surface area contributed by atoms with Gasteiger partial charge in [-0.15, -0.1) is 10.2 Å². The molecule has 2 aromatic rings. The van der Waals surface area contributed by atoms with Crippen molar-refractivity contribution in [3.63, 3.8) is 0 Å². The lowest BCUT2D eigenvalue weighted by molar-refractivity contribution is 0.102. The van der Waals surface area contributed by atoms with Crippen molar-refractivity contribution in [1.82, 2.24) is 14.8 Å². The number of ketones is 1. The standard InChI is InChI=1S/C21H26N4O3S/c1-14-6-8-24(9-7-14)20-22-23-21(25(20)16-3-4-16)29-13-17(26)15-2-5-18-19(12-15)28-11-10-27-18/h2,5,12,14,16H,3-4,6-11,13H2,1H3. The zero-order valence-electron chi connectivity index (χ0n) is 16.7. The van der Waals surface area contributed by atoms with Crippen molar-refractivity contribution in [2.24, 2.45) is 5.92 Å². The van der Waals surface area contributed by atoms with Crippen LogP contribution in [-0.4, -0.2) is 52.6 Å². The molecule has 0 N–H and O–H groups in total. The van der Waals surface area contributed by atoms with Crippen LogP contribution in [0.4, 0.5) is 5.95 Å². The maximum absolute atomic E-state index is 12.8. The van der Waals surface area contributed by atoms with Crippen LogP contribution in [0.25, 0.3) is 0 Å². The van der Waals surface area contributed by atoms with Gasteiger partial charge in [0, 0.05) is 24.7 Å². The summed E-state index contributed by atoms with van der Waals surface area (Å²) in [5.41, 5.74) is 0.643. The number of thioether (sulfide) groups is 1. The molecule has 1 saturated heterocycles. The molecule has 8 heteroatoms. The summed E-state index contributed by atoms with van der Waals surface area (Å²) in [6, 6.07) is 5.88. The number of hydrogen-bond donors (Lipinski definition) is 0. The van der Waals surface area contributed by atoms with Crippen molar-refractivity contribution in [1.29, 1.82) is 0 Å². The monoisotopic (exact) mass is 414 g/mol. The lowest BCUT2D eigenvalue weighted by Crippen LogP contribution is -2.34. The fourth-order valence-corrected chi connectivity index (χ4v) is 4.77. The number of anilines is 1. The number of ether oxygens (including phenoxy) is 2. The van der Waals surface area contributed by atoms with E-state index in [-0.39, 0.29) is 5.78 Å². The summed E-state index contributed by atoms with van der Waals surface area (Å²) in [6.07, 6.45) is 4.73. The first-order valence-electron chi connectivity index (χ1n) is 10.4. The van der Waals surface area contributed by atoms with Crippen molar-refractivity contribution >= 4 is 23.5 Å². The number of Topliss-reactive ketones (excluding diaryl/α,β-unsaturated/α-hetero) is 1. The van der Waals surface area contributed by atoms with Gasteiger partial charge in [-0.05, 0) is 49.8 Å². The van der Waals surface area contributed by atoms with E-state index in [0.717, 1.165) is 30.1 Å². The smallest absolute Gasteiger partial charge is 0.228 e. The molecule has 29 heavy (non-hydrogen) atoms. The molecular formula is C21H26N4O3S. The van der Waals surface area contributed by atoms with Gasteiger partial charge in [0.15, 0.2) is 22.4 Å². The summed E-state index contributed by atoms with van der Waals surface area (Å²) in [6.45, 7) is 5.44. The van der Waals surface area contributed by atoms with E-state index in [1.165, 1.54) is 37.4 Å². The third-order valence-corrected chi connectivity index (χ3v) is 6.76. The zero-order valence-corrected chi connectivity index (χ0v) is 17.5. The number of benzene rings is 1. The summed E-state index contributed by atoms with van der Waals surface area (Å²) in [7, 11) is 0. The topological polar surface area (TPSA) is 69.5 Å². The highest BCUT2D eigenvalue weighted by atomic mass is 32.2. The van der Waals surface area contributed by atoms with E-state index in [2.05, 4.69) is 26.6 Å². The molecule has 2 fully saturated rings. The number of hydrogen-bond acceptors (Lipinski definition) is 7. The van der Waals surface area contributed by atoms with Gasteiger partial charge in [0.25, 0.3) is 0 Å². The van der Waals surface area contributed by atoms with Crippen LogP contribution in [0, 0.1) is 5.92 Å². The number of fused-ring (bicyclic) bond motifs is 1. The molecule has 0 bridgehead atoms. The SMILES string of the molecule is CC1CCN(c2nnc(SCC(=O)c3ccc4c(c3)OCCO4)n2C2CC2)CC1. The van der Waals surface area contributed by atoms with Crippen molar-refractivity contribution in [3.8, 4) is 11.5 Å². The Labute approximate surface area is 174 Å². The molecule has 1 saturated carbocycles. The van der Waals surface area contributed by atoms with Crippen molar-refractivity contribution < 1.29 is 14.3 Å². The van der Waals surface area contributed by atoms with Crippen LogP contribution in [0.5, 0.6) is 11.5 Å². The second kappa shape index (κ2) is 7.89. The molecule has 0 atom stereocenters. The highest BCUT2D eigenvalue weighted by Gasteiger charge is 2.32. The van der Waals surface area contributed by atoms with Gasteiger partial charge >= 0.3 is 0 Å². The van der Waals surface area contributed by atoms with E-state index >= 15 is 0 Å². The molecule has 2 aliphatic heterocycles. The van der Waals surface area contributed by atoms with Crippen LogP contribution in [0.1, 0.15) is 49.0 Å². The Balaban J connectivity index is 1.29. The number of carbonyl (C=O) groups excluding carboxylic acids is 1. The highest BCUT2D eigenvalue weighted by molar-refractivity contribution is 7.99. The summed E-state index contributed by atoms with van der Waals surface area (Å²) in [4.78, 5) is 15.1. The molecule has 0 amide bonds. The van der Waals surface area contributed by atoms with E-state index < -0.39 is 0 Å². The molecule has 7 nitrogen and oxygen atoms in total. The Morgan fingerprint density at radius 2 is 1.86 bits per heavy atom. The summed E-state index contributed by atoms with van der Waals surface area (Å²) >= 11 is 1.48. The molecule has 0 spiro atoms. The second-order valence-electron chi connectivity index (χ2n) is 8.12. The van der Waals surface area contributed by atoms with Gasteiger partial charge in [-0.3, -0.25) is 9.36 Å². The average Bonchev–Trinajstić information content (AvgIpc) is 3.51. The first-order chi connectivity index (χ1) is 14.2. The Hall–Kier alpha value is -2.22. The maximum Gasteiger partial charge on any atom is 0.228 e. The third-order valence-electron chi connectivity index (χ3n) is 5.82. The molecule has 3 aliphatic rings. The lowest BCUT2D eigenvalue weighted by Gasteiger charge is -2.31. The molecule has 5 rings (SSSR count). The van der Waals surface area contributed by atoms with Crippen LogP contribution < -0.4 is 14.4 Å². The maximum atomic E-state index is 12.8. The number of nitrogens with zero attached hydrogens (tertiary/aromatic N) is 4. The molecule has 0 unspecified atom stereocenters. The van der Waals surface area contributed by atoms with Gasteiger partial charge in [-0.2, -0.15) is 0 Å². The molecule has 1 aromatic heterocycles. The molecule has 1 aliphatic carbocycles. The average molecular weight is 415 g/mol. The fraction of sp³-hybridized carbons (Fsp3) is 0.571. The number of piperidine rings is 1. The Bertz CT molecular complexity index is 903. The van der Waals surface area contributed by atoms with Crippen LogP contribution in [0.2, 0.25) is 0 Å². The van der Waals surface area contributed by atoms with E-state index in [0.29, 0.717) is 42.1 Å². The largest absolute Gasteiger partial charge is 0.486 e. The molecule has 1 aromatic carbocycles. The predicted molar refractivity (Wildman–Crippen MR) is 111 cm³/mol. The minimum absolute atomic E-state index is 0.0608. The first kappa shape index (κ1) is 18.8. The summed E-state index contributed by atoms with van der Waals surface area (Å²) in [5, 5.41) is 9.80. The van der Waals surface area contributed by atoms with E-state index in [1.807, 2.05) is 12.1 Å². The highest BCUT2D eigenvalue weighted by Crippen LogP contribution is 2.41. The normalized spacial score (nSPS) is 19.4. The molecule has 0 radical (unpaired) electrons. The number of aromatic nitrogens is 3. The third kappa shape index (κ3) is 3.95. The van der Waals surface area contributed by atoms with E-state index in [1.54, 1.807) is 6.07 Å². The van der Waals surface area contributed by atoms with Gasteiger partial charge in [0.1, 0.15) is 13.2 Å². The molecule has 3 heterocycles. The summed E-state index contributed by atoms with van der Waals surface area (Å²) < 4.78 is 13.4. The van der Waals surface area contributed by atoms with Crippen LogP contribution >= 0.6 is 11.8 Å². The van der Waals surface area contributed by atoms with Crippen molar-refractivity contribution in [2.45, 2.75) is 43.8 Å². The Morgan fingerprint density at radius 1 is 1.10 bits per heavy atom. The molecule has 154 valence electrons. The van der Waals surface area contributed by atoms with E-state index in [9.17, 15) is 4.79 Å². The minimum atomic E-state index is 0.0608. The van der Waals surface area contributed by atoms with Crippen LogP contribution in [0.15, 0.2) is 23.4 Å². The lowest BCUT2D eigenvalue weighted by atomic mass is 10.00. The van der Waals surface area contributed by atoms with Gasteiger partial charge in [0.05, 0.1) is 5.75 Å². The minimum Gasteiger partial charge on any atom is -0.486 e. The Kier molecular flexibility index (Phi) is 5.11. The van der Waals surface area contributed by atoms with Gasteiger partial charge < -0.3 is 14.4 Å². The summed E-state index contributed by atoms with van der Waals surface area (Å²) in [5.74, 6) is 3.51. The van der Waals surface area contributed by atoms with Gasteiger partial charge in [-0.25, -0.2) is 0 Å². The van der Waals surface area contributed by atoms with Crippen molar-refractivity contribution in [3.05, 3.63) is 23.8 Å². The second-order valence-corrected chi connectivity index (χ2v) is 9.07. The first-order valence-corrected chi connectivity index (χ1v) is 11.4. The fourth-order valence-electron chi connectivity index (χ4n) is 3.87. The zero-order chi connectivity index (χ0) is 19.8. The Morgan fingerprint density at radius 3 is 2.62 bits per heavy atom. The van der Waals surface area contributed by atoms with E-state index in [4.69, 9.17) is 9.47 Å². The quantitative estimate of drug-likeness (QED) is 0.528. The van der Waals surface area contributed by atoms with Crippen LogP contribution in [-0.2, 0) is 0 Å². The predicted octanol–water partition coefficient (Wildman–Crippen LogP) is 3.60. The number of rotatable bonds is 6. The van der Waals surface area contributed by atoms with Crippen molar-refractivity contribution in [2.75, 3.05) is 37.0 Å². The number of carbonyl (C=O) groups is 1. The van der Waals surface area contributed by atoms with Gasteiger partial charge in [-0.1, -0.05) is 18.7 Å².